The largest absolute Gasteiger partial charge is 0.398 e. The third kappa shape index (κ3) is 5.15. The van der Waals surface area contributed by atoms with Gasteiger partial charge in [-0.25, -0.2) is 0 Å². The molecular formula is C12H17ClN4O2. The van der Waals surface area contributed by atoms with Gasteiger partial charge in [0.15, 0.2) is 0 Å². The minimum Gasteiger partial charge on any atom is -0.398 e. The molecule has 19 heavy (non-hydrogen) atoms. The van der Waals surface area contributed by atoms with Crippen molar-refractivity contribution in [3.05, 3.63) is 23.2 Å². The van der Waals surface area contributed by atoms with Crippen molar-refractivity contribution >= 4 is 34.8 Å². The van der Waals surface area contributed by atoms with Crippen molar-refractivity contribution in [2.24, 2.45) is 0 Å². The van der Waals surface area contributed by atoms with Crippen molar-refractivity contribution in [1.29, 1.82) is 0 Å². The molecule has 0 bridgehead atoms. The molecule has 0 saturated carbocycles. The number of nitrogens with one attached hydrogen (secondary N) is 2. The van der Waals surface area contributed by atoms with Crippen molar-refractivity contribution < 1.29 is 9.59 Å². The summed E-state index contributed by atoms with van der Waals surface area (Å²) in [4.78, 5) is 25.0. The van der Waals surface area contributed by atoms with Crippen LogP contribution in [-0.2, 0) is 9.59 Å². The van der Waals surface area contributed by atoms with Crippen LogP contribution in [0.5, 0.6) is 0 Å². The maximum atomic E-state index is 11.6. The molecule has 6 nitrogen and oxygen atoms in total. The lowest BCUT2D eigenvalue weighted by atomic mass is 10.3. The maximum absolute atomic E-state index is 11.6. The number of carbonyl (C=O) groups is 2. The highest BCUT2D eigenvalue weighted by molar-refractivity contribution is 6.40. The topological polar surface area (TPSA) is 87.5 Å². The van der Waals surface area contributed by atoms with E-state index in [1.54, 1.807) is 12.1 Å². The lowest BCUT2D eigenvalue weighted by molar-refractivity contribution is -0.136. The van der Waals surface area contributed by atoms with Crippen LogP contribution in [0.1, 0.15) is 0 Å². The standard InChI is InChI=1S/C12H17ClN4O2/c1-17(2)6-5-15-11(18)12(19)16-8-3-4-10(14)9(13)7-8/h3-4,7H,5-6,14H2,1-2H3,(H,15,18)(H,16,19). The van der Waals surface area contributed by atoms with Crippen LogP contribution in [0.25, 0.3) is 0 Å². The third-order valence-electron chi connectivity index (χ3n) is 2.31. The Morgan fingerprint density at radius 1 is 1.32 bits per heavy atom. The first-order chi connectivity index (χ1) is 8.90. The van der Waals surface area contributed by atoms with Gasteiger partial charge in [-0.05, 0) is 32.3 Å². The number of nitrogen functional groups attached to an aromatic ring is 1. The van der Waals surface area contributed by atoms with Crippen LogP contribution in [0.2, 0.25) is 5.02 Å². The fraction of sp³-hybridized carbons (Fsp3) is 0.333. The summed E-state index contributed by atoms with van der Waals surface area (Å²) in [5.41, 5.74) is 6.38. The first-order valence-electron chi connectivity index (χ1n) is 5.69. The SMILES string of the molecule is CN(C)CCNC(=O)C(=O)Nc1ccc(N)c(Cl)c1. The second kappa shape index (κ2) is 6.96. The molecule has 2 amide bonds. The number of benzene rings is 1. The number of likely N-dealkylation sites (N-methyl/N-ethyl adjacent to an activating group) is 1. The molecule has 0 fully saturated rings. The zero-order chi connectivity index (χ0) is 14.4. The fourth-order valence-corrected chi connectivity index (χ4v) is 1.45. The van der Waals surface area contributed by atoms with Crippen molar-refractivity contribution in [2.45, 2.75) is 0 Å². The number of hydrogen-bond donors (Lipinski definition) is 3. The lowest BCUT2D eigenvalue weighted by Crippen LogP contribution is -2.38. The van der Waals surface area contributed by atoms with E-state index in [1.165, 1.54) is 6.07 Å². The molecule has 0 aliphatic carbocycles. The molecule has 7 heteroatoms. The van der Waals surface area contributed by atoms with Crippen molar-refractivity contribution in [1.82, 2.24) is 10.2 Å². The summed E-state index contributed by atoms with van der Waals surface area (Å²) in [6, 6.07) is 4.62. The number of nitrogens with zero attached hydrogens (tertiary/aromatic N) is 1. The van der Waals surface area contributed by atoms with Gasteiger partial charge in [0.05, 0.1) is 10.7 Å². The summed E-state index contributed by atoms with van der Waals surface area (Å²) in [6.45, 7) is 1.06. The Hall–Kier alpha value is -1.79. The van der Waals surface area contributed by atoms with Crippen LogP contribution < -0.4 is 16.4 Å². The van der Waals surface area contributed by atoms with Gasteiger partial charge in [0.25, 0.3) is 0 Å². The van der Waals surface area contributed by atoms with E-state index in [0.717, 1.165) is 0 Å². The number of anilines is 2. The zero-order valence-corrected chi connectivity index (χ0v) is 11.6. The van der Waals surface area contributed by atoms with Crippen molar-refractivity contribution in [3.8, 4) is 0 Å². The molecule has 4 N–H and O–H groups in total. The predicted octanol–water partition coefficient (Wildman–Crippen LogP) is 0.538. The van der Waals surface area contributed by atoms with E-state index >= 15 is 0 Å². The summed E-state index contributed by atoms with van der Waals surface area (Å²) in [6.07, 6.45) is 0. The Bertz CT molecular complexity index is 477. The molecule has 0 aliphatic rings. The number of amides is 2. The van der Waals surface area contributed by atoms with Gasteiger partial charge in [0.1, 0.15) is 0 Å². The van der Waals surface area contributed by atoms with Gasteiger partial charge >= 0.3 is 11.8 Å². The van der Waals surface area contributed by atoms with E-state index in [-0.39, 0.29) is 0 Å². The molecule has 1 rings (SSSR count). The summed E-state index contributed by atoms with van der Waals surface area (Å²) in [5.74, 6) is -1.42. The average Bonchev–Trinajstić information content (AvgIpc) is 2.33. The zero-order valence-electron chi connectivity index (χ0n) is 10.9. The molecule has 0 radical (unpaired) electrons. The predicted molar refractivity (Wildman–Crippen MR) is 76.1 cm³/mol. The molecule has 0 aromatic heterocycles. The van der Waals surface area contributed by atoms with Crippen LogP contribution in [-0.4, -0.2) is 43.9 Å². The van der Waals surface area contributed by atoms with E-state index in [9.17, 15) is 9.59 Å². The van der Waals surface area contributed by atoms with Crippen LogP contribution in [0.3, 0.4) is 0 Å². The fourth-order valence-electron chi connectivity index (χ4n) is 1.27. The summed E-state index contributed by atoms with van der Waals surface area (Å²) < 4.78 is 0. The van der Waals surface area contributed by atoms with Crippen LogP contribution in [0, 0.1) is 0 Å². The second-order valence-corrected chi connectivity index (χ2v) is 4.66. The molecule has 104 valence electrons. The average molecular weight is 285 g/mol. The number of hydrogen-bond acceptors (Lipinski definition) is 4. The van der Waals surface area contributed by atoms with Gasteiger partial charge in [0.2, 0.25) is 0 Å². The van der Waals surface area contributed by atoms with Gasteiger partial charge in [-0.2, -0.15) is 0 Å². The van der Waals surface area contributed by atoms with Gasteiger partial charge in [0, 0.05) is 18.8 Å². The highest BCUT2D eigenvalue weighted by atomic mass is 35.5. The Kier molecular flexibility index (Phi) is 5.59. The molecular weight excluding hydrogens is 268 g/mol. The summed E-state index contributed by atoms with van der Waals surface area (Å²) in [7, 11) is 3.76. The minimum absolute atomic E-state index is 0.325. The van der Waals surface area contributed by atoms with Crippen LogP contribution >= 0.6 is 11.6 Å². The molecule has 0 unspecified atom stereocenters. The molecule has 0 aliphatic heterocycles. The van der Waals surface area contributed by atoms with Gasteiger partial charge in [-0.1, -0.05) is 11.6 Å². The van der Waals surface area contributed by atoms with Crippen molar-refractivity contribution in [3.63, 3.8) is 0 Å². The van der Waals surface area contributed by atoms with Crippen LogP contribution in [0.15, 0.2) is 18.2 Å². The highest BCUT2D eigenvalue weighted by Gasteiger charge is 2.13. The van der Waals surface area contributed by atoms with E-state index < -0.39 is 11.8 Å². The van der Waals surface area contributed by atoms with Crippen molar-refractivity contribution in [2.75, 3.05) is 38.2 Å². The Morgan fingerprint density at radius 2 is 2.00 bits per heavy atom. The van der Waals surface area contributed by atoms with Gasteiger partial charge in [-0.3, -0.25) is 9.59 Å². The number of halogens is 1. The molecule has 0 saturated heterocycles. The van der Waals surface area contributed by atoms with E-state index in [4.69, 9.17) is 17.3 Å². The maximum Gasteiger partial charge on any atom is 0.313 e. The molecule has 0 atom stereocenters. The highest BCUT2D eigenvalue weighted by Crippen LogP contribution is 2.22. The Labute approximate surface area is 116 Å². The molecule has 1 aromatic rings. The normalized spacial score (nSPS) is 10.3. The lowest BCUT2D eigenvalue weighted by Gasteiger charge is -2.10. The molecule has 0 heterocycles. The van der Waals surface area contributed by atoms with E-state index in [2.05, 4.69) is 10.6 Å². The summed E-state index contributed by atoms with van der Waals surface area (Å²) >= 11 is 5.81. The number of nitrogens with two attached hydrogens (primary N) is 1. The number of carbonyl (C=O) groups excluding carboxylic acids is 2. The number of rotatable bonds is 4. The third-order valence-corrected chi connectivity index (χ3v) is 2.64. The Balaban J connectivity index is 2.49. The minimum atomic E-state index is -0.736. The van der Waals surface area contributed by atoms with E-state index in [1.807, 2.05) is 19.0 Å². The second-order valence-electron chi connectivity index (χ2n) is 4.25. The van der Waals surface area contributed by atoms with E-state index in [0.29, 0.717) is 29.5 Å². The molecule has 0 spiro atoms. The van der Waals surface area contributed by atoms with Gasteiger partial charge in [-0.15, -0.1) is 0 Å². The quantitative estimate of drug-likeness (QED) is 0.556. The Morgan fingerprint density at radius 3 is 2.58 bits per heavy atom. The smallest absolute Gasteiger partial charge is 0.313 e. The first-order valence-corrected chi connectivity index (χ1v) is 6.07. The van der Waals surface area contributed by atoms with Gasteiger partial charge < -0.3 is 21.3 Å². The monoisotopic (exact) mass is 284 g/mol. The van der Waals surface area contributed by atoms with Crippen LogP contribution in [0.4, 0.5) is 11.4 Å². The molecule has 1 aromatic carbocycles. The first kappa shape index (κ1) is 15.3. The summed E-state index contributed by atoms with van der Waals surface area (Å²) in [5, 5.41) is 5.28.